The fraction of sp³-hybridized carbons (Fsp3) is 0.500. The molecule has 0 heterocycles. The molecular formula is C14H20N2O. The van der Waals surface area contributed by atoms with Crippen molar-refractivity contribution in [1.29, 1.82) is 0 Å². The van der Waals surface area contributed by atoms with Gasteiger partial charge in [-0.3, -0.25) is 4.79 Å². The summed E-state index contributed by atoms with van der Waals surface area (Å²) in [5, 5.41) is 0. The van der Waals surface area contributed by atoms with Gasteiger partial charge in [-0.1, -0.05) is 17.7 Å². The first-order valence-corrected chi connectivity index (χ1v) is 6.21. The molecule has 2 rings (SSSR count). The number of nitrogens with two attached hydrogens (primary N) is 1. The van der Waals surface area contributed by atoms with Crippen LogP contribution in [0.2, 0.25) is 0 Å². The van der Waals surface area contributed by atoms with E-state index in [0.717, 1.165) is 18.5 Å². The number of hydrogen-bond donors (Lipinski definition) is 1. The number of anilines is 1. The lowest BCUT2D eigenvalue weighted by Gasteiger charge is -2.25. The standard InChI is InChI=1S/C14H20N2O/c1-3-16(12-6-4-11(2)5-7-12)13(17)14(10-15)8-9-14/h4-7H,3,8-10,15H2,1-2H3. The normalized spacial score (nSPS) is 16.6. The molecule has 17 heavy (non-hydrogen) atoms. The minimum atomic E-state index is -0.263. The topological polar surface area (TPSA) is 46.3 Å². The molecule has 0 aromatic heterocycles. The van der Waals surface area contributed by atoms with Gasteiger partial charge in [0.15, 0.2) is 0 Å². The maximum atomic E-state index is 12.4. The summed E-state index contributed by atoms with van der Waals surface area (Å²) in [5.74, 6) is 0.186. The summed E-state index contributed by atoms with van der Waals surface area (Å²) in [7, 11) is 0. The minimum absolute atomic E-state index is 0.186. The highest BCUT2D eigenvalue weighted by Crippen LogP contribution is 2.46. The van der Waals surface area contributed by atoms with Crippen LogP contribution in [0.3, 0.4) is 0 Å². The molecular weight excluding hydrogens is 212 g/mol. The van der Waals surface area contributed by atoms with Crippen molar-refractivity contribution in [3.63, 3.8) is 0 Å². The fourth-order valence-electron chi connectivity index (χ4n) is 2.11. The predicted octanol–water partition coefficient (Wildman–Crippen LogP) is 2.09. The number of amides is 1. The molecule has 3 heteroatoms. The first-order chi connectivity index (χ1) is 8.13. The maximum Gasteiger partial charge on any atom is 0.234 e. The summed E-state index contributed by atoms with van der Waals surface area (Å²) in [5.41, 5.74) is 7.63. The summed E-state index contributed by atoms with van der Waals surface area (Å²) in [6, 6.07) is 8.08. The molecule has 1 fully saturated rings. The Balaban J connectivity index is 2.22. The number of aryl methyl sites for hydroxylation is 1. The summed E-state index contributed by atoms with van der Waals surface area (Å²) in [6.45, 7) is 5.21. The molecule has 0 unspecified atom stereocenters. The number of hydrogen-bond acceptors (Lipinski definition) is 2. The Morgan fingerprint density at radius 2 is 1.94 bits per heavy atom. The Morgan fingerprint density at radius 3 is 2.35 bits per heavy atom. The molecule has 0 saturated heterocycles. The van der Waals surface area contributed by atoms with Gasteiger partial charge in [0.1, 0.15) is 0 Å². The van der Waals surface area contributed by atoms with Gasteiger partial charge in [-0.15, -0.1) is 0 Å². The van der Waals surface area contributed by atoms with Crippen molar-refractivity contribution in [3.05, 3.63) is 29.8 Å². The van der Waals surface area contributed by atoms with Crippen molar-refractivity contribution in [2.45, 2.75) is 26.7 Å². The van der Waals surface area contributed by atoms with Crippen molar-refractivity contribution >= 4 is 11.6 Å². The first kappa shape index (κ1) is 12.1. The number of rotatable bonds is 4. The van der Waals surface area contributed by atoms with E-state index in [1.165, 1.54) is 5.56 Å². The quantitative estimate of drug-likeness (QED) is 0.864. The molecule has 2 N–H and O–H groups in total. The molecule has 0 bridgehead atoms. The van der Waals surface area contributed by atoms with E-state index in [4.69, 9.17) is 5.73 Å². The summed E-state index contributed by atoms with van der Waals surface area (Å²) in [6.07, 6.45) is 1.87. The van der Waals surface area contributed by atoms with Crippen molar-refractivity contribution < 1.29 is 4.79 Å². The molecule has 92 valence electrons. The van der Waals surface area contributed by atoms with Crippen LogP contribution in [0.25, 0.3) is 0 Å². The van der Waals surface area contributed by atoms with E-state index in [9.17, 15) is 4.79 Å². The molecule has 3 nitrogen and oxygen atoms in total. The third kappa shape index (κ3) is 2.20. The Morgan fingerprint density at radius 1 is 1.35 bits per heavy atom. The third-order valence-electron chi connectivity index (χ3n) is 3.60. The van der Waals surface area contributed by atoms with E-state index in [-0.39, 0.29) is 11.3 Å². The van der Waals surface area contributed by atoms with E-state index in [0.29, 0.717) is 13.1 Å². The minimum Gasteiger partial charge on any atom is -0.329 e. The smallest absolute Gasteiger partial charge is 0.234 e. The van der Waals surface area contributed by atoms with Crippen LogP contribution in [0.15, 0.2) is 24.3 Å². The SMILES string of the molecule is CCN(C(=O)C1(CN)CC1)c1ccc(C)cc1. The number of nitrogens with zero attached hydrogens (tertiary/aromatic N) is 1. The van der Waals surface area contributed by atoms with Gasteiger partial charge in [-0.05, 0) is 38.8 Å². The van der Waals surface area contributed by atoms with Crippen LogP contribution in [0.1, 0.15) is 25.3 Å². The van der Waals surface area contributed by atoms with Gasteiger partial charge < -0.3 is 10.6 Å². The van der Waals surface area contributed by atoms with E-state index >= 15 is 0 Å². The van der Waals surface area contributed by atoms with Crippen LogP contribution in [-0.4, -0.2) is 19.0 Å². The van der Waals surface area contributed by atoms with Crippen LogP contribution >= 0.6 is 0 Å². The second-order valence-electron chi connectivity index (χ2n) is 4.87. The number of carbonyl (C=O) groups is 1. The van der Waals surface area contributed by atoms with E-state index in [1.807, 2.05) is 43.0 Å². The molecule has 1 aromatic carbocycles. The van der Waals surface area contributed by atoms with Gasteiger partial charge in [-0.25, -0.2) is 0 Å². The molecule has 0 radical (unpaired) electrons. The maximum absolute atomic E-state index is 12.4. The van der Waals surface area contributed by atoms with Crippen LogP contribution < -0.4 is 10.6 Å². The van der Waals surface area contributed by atoms with Gasteiger partial charge in [0.25, 0.3) is 0 Å². The first-order valence-electron chi connectivity index (χ1n) is 6.21. The highest BCUT2D eigenvalue weighted by molar-refractivity contribution is 5.99. The van der Waals surface area contributed by atoms with Crippen molar-refractivity contribution in [2.75, 3.05) is 18.0 Å². The van der Waals surface area contributed by atoms with Gasteiger partial charge in [0.2, 0.25) is 5.91 Å². The summed E-state index contributed by atoms with van der Waals surface area (Å²) in [4.78, 5) is 14.3. The zero-order chi connectivity index (χ0) is 12.5. The molecule has 1 aromatic rings. The van der Waals surface area contributed by atoms with Crippen LogP contribution in [0.5, 0.6) is 0 Å². The average Bonchev–Trinajstić information content (AvgIpc) is 3.13. The predicted molar refractivity (Wildman–Crippen MR) is 69.9 cm³/mol. The second kappa shape index (κ2) is 4.49. The van der Waals surface area contributed by atoms with E-state index < -0.39 is 0 Å². The Kier molecular flexibility index (Phi) is 3.20. The van der Waals surface area contributed by atoms with Crippen molar-refractivity contribution in [3.8, 4) is 0 Å². The average molecular weight is 232 g/mol. The second-order valence-corrected chi connectivity index (χ2v) is 4.87. The molecule has 1 saturated carbocycles. The molecule has 0 aliphatic heterocycles. The largest absolute Gasteiger partial charge is 0.329 e. The molecule has 0 atom stereocenters. The Labute approximate surface area is 103 Å². The highest BCUT2D eigenvalue weighted by Gasteiger charge is 2.50. The third-order valence-corrected chi connectivity index (χ3v) is 3.60. The summed E-state index contributed by atoms with van der Waals surface area (Å²) < 4.78 is 0. The van der Waals surface area contributed by atoms with Crippen molar-refractivity contribution in [2.24, 2.45) is 11.1 Å². The monoisotopic (exact) mass is 232 g/mol. The lowest BCUT2D eigenvalue weighted by atomic mass is 10.1. The van der Waals surface area contributed by atoms with Gasteiger partial charge in [0.05, 0.1) is 5.41 Å². The fourth-order valence-corrected chi connectivity index (χ4v) is 2.11. The van der Waals surface area contributed by atoms with Gasteiger partial charge >= 0.3 is 0 Å². The molecule has 0 spiro atoms. The molecule has 1 aliphatic carbocycles. The number of carbonyl (C=O) groups excluding carboxylic acids is 1. The lowest BCUT2D eigenvalue weighted by Crippen LogP contribution is -2.40. The van der Waals surface area contributed by atoms with Crippen molar-refractivity contribution in [1.82, 2.24) is 0 Å². The van der Waals surface area contributed by atoms with Crippen LogP contribution in [-0.2, 0) is 4.79 Å². The zero-order valence-corrected chi connectivity index (χ0v) is 10.6. The van der Waals surface area contributed by atoms with Gasteiger partial charge in [0, 0.05) is 18.8 Å². The van der Waals surface area contributed by atoms with E-state index in [2.05, 4.69) is 0 Å². The van der Waals surface area contributed by atoms with E-state index in [1.54, 1.807) is 0 Å². The molecule has 1 amide bonds. The zero-order valence-electron chi connectivity index (χ0n) is 10.6. The summed E-state index contributed by atoms with van der Waals surface area (Å²) >= 11 is 0. The van der Waals surface area contributed by atoms with Crippen LogP contribution in [0.4, 0.5) is 5.69 Å². The Hall–Kier alpha value is -1.35. The van der Waals surface area contributed by atoms with Crippen LogP contribution in [0, 0.1) is 12.3 Å². The van der Waals surface area contributed by atoms with Gasteiger partial charge in [-0.2, -0.15) is 0 Å². The molecule has 1 aliphatic rings. The number of benzene rings is 1. The lowest BCUT2D eigenvalue weighted by molar-refractivity contribution is -0.123. The Bertz CT molecular complexity index is 407. The highest BCUT2D eigenvalue weighted by atomic mass is 16.2.